The first kappa shape index (κ1) is 11.6. The summed E-state index contributed by atoms with van der Waals surface area (Å²) in [5.41, 5.74) is 2.36. The van der Waals surface area contributed by atoms with Gasteiger partial charge in [0.25, 0.3) is 0 Å². The molecule has 0 aliphatic carbocycles. The third-order valence-electron chi connectivity index (χ3n) is 2.99. The van der Waals surface area contributed by atoms with E-state index in [0.717, 1.165) is 24.5 Å². The molecule has 0 spiro atoms. The van der Waals surface area contributed by atoms with Gasteiger partial charge in [0.05, 0.1) is 5.69 Å². The zero-order valence-corrected chi connectivity index (χ0v) is 11.0. The number of aryl methyl sites for hydroxylation is 2. The number of hydrogen-bond donors (Lipinski definition) is 2. The van der Waals surface area contributed by atoms with Crippen LogP contribution in [0.3, 0.4) is 0 Å². The van der Waals surface area contributed by atoms with Crippen molar-refractivity contribution in [3.05, 3.63) is 5.69 Å². The van der Waals surface area contributed by atoms with Gasteiger partial charge in [0, 0.05) is 19.6 Å². The van der Waals surface area contributed by atoms with Crippen LogP contribution in [0, 0.1) is 0 Å². The smallest absolute Gasteiger partial charge is 0.148 e. The number of anilines is 2. The highest BCUT2D eigenvalue weighted by Gasteiger charge is 2.22. The molecule has 2 N–H and O–H groups in total. The van der Waals surface area contributed by atoms with Crippen LogP contribution in [0.2, 0.25) is 0 Å². The van der Waals surface area contributed by atoms with Gasteiger partial charge in [-0.3, -0.25) is 4.68 Å². The van der Waals surface area contributed by atoms with Crippen LogP contribution in [0.15, 0.2) is 0 Å². The van der Waals surface area contributed by atoms with Crippen molar-refractivity contribution in [2.45, 2.75) is 25.8 Å². The topological polar surface area (TPSA) is 41.9 Å². The predicted molar refractivity (Wildman–Crippen MR) is 71.5 cm³/mol. The van der Waals surface area contributed by atoms with Crippen molar-refractivity contribution in [2.24, 2.45) is 7.05 Å². The Labute approximate surface area is 101 Å². The maximum Gasteiger partial charge on any atom is 0.148 e. The molecular formula is C11H20N4S. The van der Waals surface area contributed by atoms with Crippen molar-refractivity contribution in [3.63, 3.8) is 0 Å². The van der Waals surface area contributed by atoms with Crippen molar-refractivity contribution < 1.29 is 0 Å². The molecular weight excluding hydrogens is 220 g/mol. The first-order valence-electron chi connectivity index (χ1n) is 5.81. The summed E-state index contributed by atoms with van der Waals surface area (Å²) >= 11 is 1.90. The molecule has 0 bridgehead atoms. The number of fused-ring (bicyclic) bond motifs is 1. The lowest BCUT2D eigenvalue weighted by atomic mass is 10.1. The van der Waals surface area contributed by atoms with E-state index in [0.29, 0.717) is 6.04 Å². The molecule has 0 fully saturated rings. The first-order valence-corrected chi connectivity index (χ1v) is 7.20. The standard InChI is InChI=1S/C11H20N4S/c1-4-9-10-11(15(2)14-9)13-8(7-12-10)5-6-16-3/h8,12-13H,4-7H2,1-3H3. The van der Waals surface area contributed by atoms with Gasteiger partial charge in [-0.05, 0) is 24.9 Å². The van der Waals surface area contributed by atoms with Gasteiger partial charge in [-0.2, -0.15) is 16.9 Å². The Bertz CT molecular complexity index is 361. The minimum absolute atomic E-state index is 0.528. The molecule has 2 heterocycles. The summed E-state index contributed by atoms with van der Waals surface area (Å²) in [5, 5.41) is 11.6. The van der Waals surface area contributed by atoms with E-state index in [1.807, 2.05) is 23.5 Å². The number of rotatable bonds is 4. The Balaban J connectivity index is 2.11. The largest absolute Gasteiger partial charge is 0.378 e. The van der Waals surface area contributed by atoms with Crippen LogP contribution < -0.4 is 10.6 Å². The Kier molecular flexibility index (Phi) is 3.63. The van der Waals surface area contributed by atoms with Crippen LogP contribution in [0.1, 0.15) is 19.0 Å². The fourth-order valence-electron chi connectivity index (χ4n) is 2.08. The minimum Gasteiger partial charge on any atom is -0.378 e. The van der Waals surface area contributed by atoms with Crippen molar-refractivity contribution in [2.75, 3.05) is 29.2 Å². The lowest BCUT2D eigenvalue weighted by Gasteiger charge is -2.26. The quantitative estimate of drug-likeness (QED) is 0.844. The Hall–Kier alpha value is -0.840. The summed E-state index contributed by atoms with van der Waals surface area (Å²) in [6.45, 7) is 3.15. The summed E-state index contributed by atoms with van der Waals surface area (Å²) in [6.07, 6.45) is 4.33. The molecule has 0 saturated carbocycles. The average Bonchev–Trinajstić information content (AvgIpc) is 2.63. The third-order valence-corrected chi connectivity index (χ3v) is 3.64. The highest BCUT2D eigenvalue weighted by atomic mass is 32.2. The van der Waals surface area contributed by atoms with E-state index < -0.39 is 0 Å². The molecule has 5 heteroatoms. The molecule has 4 nitrogen and oxygen atoms in total. The zero-order chi connectivity index (χ0) is 11.5. The number of aromatic nitrogens is 2. The van der Waals surface area contributed by atoms with E-state index in [9.17, 15) is 0 Å². The molecule has 0 saturated heterocycles. The molecule has 1 aliphatic heterocycles. The summed E-state index contributed by atoms with van der Waals surface area (Å²) in [6, 6.07) is 0.528. The van der Waals surface area contributed by atoms with Crippen molar-refractivity contribution >= 4 is 23.3 Å². The molecule has 1 atom stereocenters. The highest BCUT2D eigenvalue weighted by Crippen LogP contribution is 2.30. The molecule has 0 amide bonds. The predicted octanol–water partition coefficient (Wildman–Crippen LogP) is 1.94. The fraction of sp³-hybridized carbons (Fsp3) is 0.727. The normalized spacial score (nSPS) is 18.8. The third kappa shape index (κ3) is 2.14. The van der Waals surface area contributed by atoms with Crippen LogP contribution in [-0.4, -0.2) is 34.4 Å². The molecule has 1 unspecified atom stereocenters. The van der Waals surface area contributed by atoms with Gasteiger partial charge >= 0.3 is 0 Å². The maximum atomic E-state index is 4.51. The van der Waals surface area contributed by atoms with Crippen LogP contribution >= 0.6 is 11.8 Å². The Morgan fingerprint density at radius 3 is 3.06 bits per heavy atom. The van der Waals surface area contributed by atoms with E-state index >= 15 is 0 Å². The number of thioether (sulfide) groups is 1. The second-order valence-electron chi connectivity index (χ2n) is 4.15. The van der Waals surface area contributed by atoms with E-state index in [4.69, 9.17) is 0 Å². The lowest BCUT2D eigenvalue weighted by molar-refractivity contribution is 0.687. The van der Waals surface area contributed by atoms with Gasteiger partial charge in [-0.25, -0.2) is 0 Å². The summed E-state index contributed by atoms with van der Waals surface area (Å²) < 4.78 is 1.95. The number of nitrogens with zero attached hydrogens (tertiary/aromatic N) is 2. The van der Waals surface area contributed by atoms with Gasteiger partial charge in [-0.15, -0.1) is 0 Å². The van der Waals surface area contributed by atoms with Crippen molar-refractivity contribution in [3.8, 4) is 0 Å². The molecule has 90 valence electrons. The average molecular weight is 240 g/mol. The van der Waals surface area contributed by atoms with Crippen molar-refractivity contribution in [1.82, 2.24) is 9.78 Å². The molecule has 0 radical (unpaired) electrons. The van der Waals surface area contributed by atoms with Crippen LogP contribution in [0.4, 0.5) is 11.5 Å². The SMILES string of the molecule is CCc1nn(C)c2c1NCC(CCSC)N2. The molecule has 1 aromatic rings. The van der Waals surface area contributed by atoms with Gasteiger partial charge in [0.1, 0.15) is 11.5 Å². The lowest BCUT2D eigenvalue weighted by Crippen LogP contribution is -2.34. The monoisotopic (exact) mass is 240 g/mol. The Morgan fingerprint density at radius 1 is 1.56 bits per heavy atom. The second-order valence-corrected chi connectivity index (χ2v) is 5.14. The molecule has 2 rings (SSSR count). The summed E-state index contributed by atoms with van der Waals surface area (Å²) in [5.74, 6) is 2.35. The second kappa shape index (κ2) is 4.99. The van der Waals surface area contributed by atoms with Gasteiger partial charge in [-0.1, -0.05) is 6.92 Å². The van der Waals surface area contributed by atoms with Gasteiger partial charge in [0.2, 0.25) is 0 Å². The molecule has 1 aromatic heterocycles. The van der Waals surface area contributed by atoms with E-state index in [1.54, 1.807) is 0 Å². The van der Waals surface area contributed by atoms with Crippen molar-refractivity contribution in [1.29, 1.82) is 0 Å². The molecule has 0 aromatic carbocycles. The maximum absolute atomic E-state index is 4.51. The minimum atomic E-state index is 0.528. The fourth-order valence-corrected chi connectivity index (χ4v) is 2.60. The molecule has 16 heavy (non-hydrogen) atoms. The van der Waals surface area contributed by atoms with Crippen LogP contribution in [0.25, 0.3) is 0 Å². The summed E-state index contributed by atoms with van der Waals surface area (Å²) in [7, 11) is 2.00. The van der Waals surface area contributed by atoms with Crippen LogP contribution in [0.5, 0.6) is 0 Å². The number of hydrogen-bond acceptors (Lipinski definition) is 4. The van der Waals surface area contributed by atoms with E-state index in [2.05, 4.69) is 28.9 Å². The summed E-state index contributed by atoms with van der Waals surface area (Å²) in [4.78, 5) is 0. The van der Waals surface area contributed by atoms with Gasteiger partial charge in [0.15, 0.2) is 0 Å². The highest BCUT2D eigenvalue weighted by molar-refractivity contribution is 7.98. The van der Waals surface area contributed by atoms with E-state index in [-0.39, 0.29) is 0 Å². The van der Waals surface area contributed by atoms with Crippen LogP contribution in [-0.2, 0) is 13.5 Å². The van der Waals surface area contributed by atoms with Gasteiger partial charge < -0.3 is 10.6 Å². The van der Waals surface area contributed by atoms with E-state index in [1.165, 1.54) is 17.9 Å². The number of nitrogens with one attached hydrogen (secondary N) is 2. The Morgan fingerprint density at radius 2 is 2.38 bits per heavy atom. The first-order chi connectivity index (χ1) is 7.76. The molecule has 1 aliphatic rings. The zero-order valence-electron chi connectivity index (χ0n) is 10.2.